The molecule has 0 spiro atoms. The zero-order valence-electron chi connectivity index (χ0n) is 10.2. The molecule has 0 bridgehead atoms. The molecule has 1 aromatic carbocycles. The van der Waals surface area contributed by atoms with E-state index in [1.807, 2.05) is 48.0 Å². The van der Waals surface area contributed by atoms with E-state index < -0.39 is 0 Å². The van der Waals surface area contributed by atoms with Crippen LogP contribution in [-0.2, 0) is 0 Å². The van der Waals surface area contributed by atoms with Crippen LogP contribution in [-0.4, -0.2) is 10.8 Å². The average molecular weight is 332 g/mol. The molecule has 0 saturated carbocycles. The summed E-state index contributed by atoms with van der Waals surface area (Å²) in [5.74, 6) is 0.0369. The van der Waals surface area contributed by atoms with E-state index in [1.165, 1.54) is 11.3 Å². The molecule has 2 aromatic heterocycles. The Morgan fingerprint density at radius 1 is 1.21 bits per heavy atom. The van der Waals surface area contributed by atoms with Crippen molar-refractivity contribution in [2.75, 3.05) is 0 Å². The number of pyridine rings is 1. The third-order valence-corrected chi connectivity index (χ3v) is 4.65. The van der Waals surface area contributed by atoms with Gasteiger partial charge in [-0.1, -0.05) is 18.2 Å². The van der Waals surface area contributed by atoms with Gasteiger partial charge in [0.05, 0.1) is 5.52 Å². The highest BCUT2D eigenvalue weighted by Gasteiger charge is 2.16. The SMILES string of the molecule is Cc1cc(C(=O)c2cscc2Br)c2ccccc2n1. The van der Waals surface area contributed by atoms with Crippen molar-refractivity contribution in [3.8, 4) is 0 Å². The van der Waals surface area contributed by atoms with E-state index in [-0.39, 0.29) is 5.78 Å². The van der Waals surface area contributed by atoms with Crippen molar-refractivity contribution in [1.29, 1.82) is 0 Å². The van der Waals surface area contributed by atoms with Gasteiger partial charge in [-0.3, -0.25) is 9.78 Å². The van der Waals surface area contributed by atoms with Gasteiger partial charge in [0.25, 0.3) is 0 Å². The average Bonchev–Trinajstić information content (AvgIpc) is 2.83. The van der Waals surface area contributed by atoms with Crippen LogP contribution in [0.2, 0.25) is 0 Å². The Labute approximate surface area is 123 Å². The summed E-state index contributed by atoms with van der Waals surface area (Å²) in [6.07, 6.45) is 0. The van der Waals surface area contributed by atoms with E-state index in [9.17, 15) is 4.79 Å². The van der Waals surface area contributed by atoms with Gasteiger partial charge in [-0.05, 0) is 35.0 Å². The monoisotopic (exact) mass is 331 g/mol. The fourth-order valence-corrected chi connectivity index (χ4v) is 3.54. The molecule has 4 heteroatoms. The first-order valence-electron chi connectivity index (χ1n) is 5.79. The van der Waals surface area contributed by atoms with Crippen molar-refractivity contribution in [3.05, 3.63) is 62.4 Å². The van der Waals surface area contributed by atoms with Crippen molar-refractivity contribution >= 4 is 44.0 Å². The first-order valence-corrected chi connectivity index (χ1v) is 7.53. The molecule has 0 unspecified atom stereocenters. The summed E-state index contributed by atoms with van der Waals surface area (Å²) in [7, 11) is 0. The van der Waals surface area contributed by atoms with Gasteiger partial charge in [-0.15, -0.1) is 0 Å². The van der Waals surface area contributed by atoms with Crippen molar-refractivity contribution < 1.29 is 4.79 Å². The number of hydrogen-bond acceptors (Lipinski definition) is 3. The molecular weight excluding hydrogens is 322 g/mol. The Morgan fingerprint density at radius 2 is 2.00 bits per heavy atom. The molecule has 19 heavy (non-hydrogen) atoms. The Kier molecular flexibility index (Phi) is 3.21. The number of carbonyl (C=O) groups excluding carboxylic acids is 1. The van der Waals surface area contributed by atoms with Gasteiger partial charge in [-0.25, -0.2) is 0 Å². The van der Waals surface area contributed by atoms with Gasteiger partial charge < -0.3 is 0 Å². The lowest BCUT2D eigenvalue weighted by Crippen LogP contribution is -2.03. The summed E-state index contributed by atoms with van der Waals surface area (Å²) < 4.78 is 0.848. The molecule has 0 N–H and O–H groups in total. The predicted octanol–water partition coefficient (Wildman–Crippen LogP) is 4.60. The van der Waals surface area contributed by atoms with Crippen molar-refractivity contribution in [2.45, 2.75) is 6.92 Å². The maximum absolute atomic E-state index is 12.6. The molecule has 0 aliphatic heterocycles. The van der Waals surface area contributed by atoms with Gasteiger partial charge in [0.2, 0.25) is 0 Å². The molecule has 2 heterocycles. The number of ketones is 1. The van der Waals surface area contributed by atoms with Crippen LogP contribution in [0.25, 0.3) is 10.9 Å². The number of fused-ring (bicyclic) bond motifs is 1. The van der Waals surface area contributed by atoms with Crippen LogP contribution in [0.5, 0.6) is 0 Å². The molecular formula is C15H10BrNOS. The maximum Gasteiger partial charge on any atom is 0.195 e. The van der Waals surface area contributed by atoms with Crippen LogP contribution < -0.4 is 0 Å². The van der Waals surface area contributed by atoms with E-state index in [1.54, 1.807) is 0 Å². The standard InChI is InChI=1S/C15H10BrNOS/c1-9-6-11(10-4-2-3-5-14(10)17-9)15(18)12-7-19-8-13(12)16/h2-8H,1H3. The molecule has 0 amide bonds. The van der Waals surface area contributed by atoms with Crippen LogP contribution >= 0.6 is 27.3 Å². The fourth-order valence-electron chi connectivity index (χ4n) is 2.08. The smallest absolute Gasteiger partial charge is 0.195 e. The van der Waals surface area contributed by atoms with Crippen LogP contribution in [0.4, 0.5) is 0 Å². The number of carbonyl (C=O) groups is 1. The molecule has 3 rings (SSSR count). The molecule has 3 aromatic rings. The summed E-state index contributed by atoms with van der Waals surface area (Å²) in [6, 6.07) is 9.59. The second-order valence-corrected chi connectivity index (χ2v) is 5.89. The third-order valence-electron chi connectivity index (χ3n) is 2.95. The zero-order valence-corrected chi connectivity index (χ0v) is 12.6. The summed E-state index contributed by atoms with van der Waals surface area (Å²) in [4.78, 5) is 17.1. The van der Waals surface area contributed by atoms with Gasteiger partial charge in [-0.2, -0.15) is 11.3 Å². The van der Waals surface area contributed by atoms with Crippen LogP contribution in [0.1, 0.15) is 21.6 Å². The minimum Gasteiger partial charge on any atom is -0.289 e. The quantitative estimate of drug-likeness (QED) is 0.642. The number of para-hydroxylation sites is 1. The first kappa shape index (κ1) is 12.5. The molecule has 0 aliphatic carbocycles. The highest BCUT2D eigenvalue weighted by atomic mass is 79.9. The highest BCUT2D eigenvalue weighted by Crippen LogP contribution is 2.27. The van der Waals surface area contributed by atoms with Crippen molar-refractivity contribution in [1.82, 2.24) is 4.98 Å². The Bertz CT molecular complexity index is 779. The molecule has 0 aliphatic rings. The number of aryl methyl sites for hydroxylation is 1. The van der Waals surface area contributed by atoms with Gasteiger partial charge in [0.1, 0.15) is 0 Å². The number of rotatable bonds is 2. The second-order valence-electron chi connectivity index (χ2n) is 4.29. The second kappa shape index (κ2) is 4.87. The number of aromatic nitrogens is 1. The minimum absolute atomic E-state index is 0.0369. The van der Waals surface area contributed by atoms with E-state index in [0.717, 1.165) is 21.1 Å². The Hall–Kier alpha value is -1.52. The van der Waals surface area contributed by atoms with Gasteiger partial charge in [0, 0.05) is 37.4 Å². The molecule has 0 fully saturated rings. The van der Waals surface area contributed by atoms with E-state index >= 15 is 0 Å². The van der Waals surface area contributed by atoms with E-state index in [2.05, 4.69) is 20.9 Å². The number of benzene rings is 1. The molecule has 2 nitrogen and oxygen atoms in total. The normalized spacial score (nSPS) is 10.8. The molecule has 94 valence electrons. The van der Waals surface area contributed by atoms with Crippen molar-refractivity contribution in [2.24, 2.45) is 0 Å². The lowest BCUT2D eigenvalue weighted by atomic mass is 10.0. The maximum atomic E-state index is 12.6. The zero-order chi connectivity index (χ0) is 13.4. The fraction of sp³-hybridized carbons (Fsp3) is 0.0667. The summed E-state index contributed by atoms with van der Waals surface area (Å²) in [5, 5.41) is 4.69. The first-order chi connectivity index (χ1) is 9.16. The Balaban J connectivity index is 2.25. The number of hydrogen-bond donors (Lipinski definition) is 0. The van der Waals surface area contributed by atoms with Gasteiger partial charge >= 0.3 is 0 Å². The van der Waals surface area contributed by atoms with Crippen LogP contribution in [0.3, 0.4) is 0 Å². The summed E-state index contributed by atoms with van der Waals surface area (Å²) in [5.41, 5.74) is 3.13. The van der Waals surface area contributed by atoms with Gasteiger partial charge in [0.15, 0.2) is 5.78 Å². The number of nitrogens with zero attached hydrogens (tertiary/aromatic N) is 1. The largest absolute Gasteiger partial charge is 0.289 e. The molecule has 0 atom stereocenters. The van der Waals surface area contributed by atoms with Crippen LogP contribution in [0.15, 0.2) is 45.6 Å². The number of halogens is 1. The lowest BCUT2D eigenvalue weighted by Gasteiger charge is -2.06. The van der Waals surface area contributed by atoms with E-state index in [0.29, 0.717) is 11.1 Å². The number of thiophene rings is 1. The third kappa shape index (κ3) is 2.22. The van der Waals surface area contributed by atoms with Crippen LogP contribution in [0, 0.1) is 6.92 Å². The lowest BCUT2D eigenvalue weighted by molar-refractivity contribution is 0.104. The summed E-state index contributed by atoms with van der Waals surface area (Å²) >= 11 is 4.94. The van der Waals surface area contributed by atoms with E-state index in [4.69, 9.17) is 0 Å². The predicted molar refractivity (Wildman–Crippen MR) is 81.9 cm³/mol. The summed E-state index contributed by atoms with van der Waals surface area (Å²) in [6.45, 7) is 1.91. The highest BCUT2D eigenvalue weighted by molar-refractivity contribution is 9.10. The molecule has 0 saturated heterocycles. The topological polar surface area (TPSA) is 30.0 Å². The molecule has 0 radical (unpaired) electrons. The van der Waals surface area contributed by atoms with Crippen molar-refractivity contribution in [3.63, 3.8) is 0 Å². The Morgan fingerprint density at radius 3 is 2.74 bits per heavy atom. The minimum atomic E-state index is 0.0369.